The number of nitrogens with one attached hydrogen (secondary N) is 1. The van der Waals surface area contributed by atoms with Gasteiger partial charge in [-0.1, -0.05) is 18.2 Å². The van der Waals surface area contributed by atoms with E-state index in [9.17, 15) is 4.79 Å². The summed E-state index contributed by atoms with van der Waals surface area (Å²) >= 11 is 2.22. The third-order valence-electron chi connectivity index (χ3n) is 2.98. The molecule has 0 fully saturated rings. The van der Waals surface area contributed by atoms with Crippen LogP contribution in [0.25, 0.3) is 0 Å². The molecule has 0 aliphatic rings. The van der Waals surface area contributed by atoms with Crippen molar-refractivity contribution in [3.63, 3.8) is 0 Å². The van der Waals surface area contributed by atoms with E-state index in [0.717, 1.165) is 22.2 Å². The van der Waals surface area contributed by atoms with E-state index in [1.165, 1.54) is 0 Å². The number of halogens is 1. The van der Waals surface area contributed by atoms with E-state index in [4.69, 9.17) is 4.74 Å². The summed E-state index contributed by atoms with van der Waals surface area (Å²) in [5.41, 5.74) is 0.705. The quantitative estimate of drug-likeness (QED) is 0.571. The number of carbonyl (C=O) groups is 1. The Bertz CT molecular complexity index is 555. The van der Waals surface area contributed by atoms with Crippen molar-refractivity contribution in [3.8, 4) is 5.75 Å². The SMILES string of the molecule is O=C(NCCCCOc1ccccc1)c1ccc(I)cc1. The first-order chi connectivity index (χ1) is 10.3. The first kappa shape index (κ1) is 15.8. The lowest BCUT2D eigenvalue weighted by Crippen LogP contribution is -2.24. The number of benzene rings is 2. The molecular formula is C17H18INO2. The fourth-order valence-electron chi connectivity index (χ4n) is 1.84. The molecule has 1 N–H and O–H groups in total. The van der Waals surface area contributed by atoms with E-state index in [1.54, 1.807) is 0 Å². The number of para-hydroxylation sites is 1. The predicted molar refractivity (Wildman–Crippen MR) is 92.7 cm³/mol. The van der Waals surface area contributed by atoms with Gasteiger partial charge < -0.3 is 10.1 Å². The maximum Gasteiger partial charge on any atom is 0.251 e. The molecule has 0 aliphatic heterocycles. The highest BCUT2D eigenvalue weighted by molar-refractivity contribution is 14.1. The summed E-state index contributed by atoms with van der Waals surface area (Å²) in [6.07, 6.45) is 1.82. The minimum atomic E-state index is -0.0182. The standard InChI is InChI=1S/C17H18INO2/c18-15-10-8-14(9-11-15)17(20)19-12-4-5-13-21-16-6-2-1-3-7-16/h1-3,6-11H,4-5,12-13H2,(H,19,20). The summed E-state index contributed by atoms with van der Waals surface area (Å²) in [4.78, 5) is 11.9. The Morgan fingerprint density at radius 3 is 2.43 bits per heavy atom. The zero-order valence-electron chi connectivity index (χ0n) is 11.7. The van der Waals surface area contributed by atoms with Crippen LogP contribution in [-0.4, -0.2) is 19.1 Å². The fraction of sp³-hybridized carbons (Fsp3) is 0.235. The van der Waals surface area contributed by atoms with Gasteiger partial charge in [-0.05, 0) is 71.8 Å². The lowest BCUT2D eigenvalue weighted by molar-refractivity contribution is 0.0952. The molecule has 0 spiro atoms. The first-order valence-electron chi connectivity index (χ1n) is 6.97. The van der Waals surface area contributed by atoms with E-state index in [-0.39, 0.29) is 5.91 Å². The highest BCUT2D eigenvalue weighted by Gasteiger charge is 2.03. The zero-order chi connectivity index (χ0) is 14.9. The van der Waals surface area contributed by atoms with Crippen molar-refractivity contribution >= 4 is 28.5 Å². The minimum Gasteiger partial charge on any atom is -0.494 e. The maximum absolute atomic E-state index is 11.9. The van der Waals surface area contributed by atoms with Crippen molar-refractivity contribution in [2.24, 2.45) is 0 Å². The molecule has 0 heterocycles. The molecule has 0 unspecified atom stereocenters. The van der Waals surface area contributed by atoms with Gasteiger partial charge in [0.25, 0.3) is 5.91 Å². The van der Waals surface area contributed by atoms with Gasteiger partial charge in [0.2, 0.25) is 0 Å². The normalized spacial score (nSPS) is 10.1. The van der Waals surface area contributed by atoms with Gasteiger partial charge in [-0.15, -0.1) is 0 Å². The van der Waals surface area contributed by atoms with Crippen LogP contribution in [0.4, 0.5) is 0 Å². The zero-order valence-corrected chi connectivity index (χ0v) is 13.9. The second-order valence-electron chi connectivity index (χ2n) is 4.63. The van der Waals surface area contributed by atoms with Gasteiger partial charge in [0.15, 0.2) is 0 Å². The van der Waals surface area contributed by atoms with Crippen LogP contribution in [0.1, 0.15) is 23.2 Å². The number of rotatable bonds is 7. The van der Waals surface area contributed by atoms with Crippen molar-refractivity contribution in [2.75, 3.05) is 13.2 Å². The number of hydrogen-bond acceptors (Lipinski definition) is 2. The number of unbranched alkanes of at least 4 members (excludes halogenated alkanes) is 1. The van der Waals surface area contributed by atoms with Crippen LogP contribution < -0.4 is 10.1 Å². The van der Waals surface area contributed by atoms with Gasteiger partial charge >= 0.3 is 0 Å². The van der Waals surface area contributed by atoms with E-state index in [2.05, 4.69) is 27.9 Å². The summed E-state index contributed by atoms with van der Waals surface area (Å²) in [5.74, 6) is 0.871. The molecule has 0 saturated carbocycles. The topological polar surface area (TPSA) is 38.3 Å². The Morgan fingerprint density at radius 1 is 1.00 bits per heavy atom. The Balaban J connectivity index is 1.59. The predicted octanol–water partition coefficient (Wildman–Crippen LogP) is 3.88. The number of carbonyl (C=O) groups excluding carboxylic acids is 1. The highest BCUT2D eigenvalue weighted by atomic mass is 127. The second kappa shape index (κ2) is 8.67. The summed E-state index contributed by atoms with van der Waals surface area (Å²) in [6, 6.07) is 17.3. The fourth-order valence-corrected chi connectivity index (χ4v) is 2.20. The molecule has 0 aromatic heterocycles. The maximum atomic E-state index is 11.9. The van der Waals surface area contributed by atoms with Gasteiger partial charge in [-0.2, -0.15) is 0 Å². The second-order valence-corrected chi connectivity index (χ2v) is 5.88. The molecule has 110 valence electrons. The van der Waals surface area contributed by atoms with E-state index >= 15 is 0 Å². The lowest BCUT2D eigenvalue weighted by atomic mass is 10.2. The van der Waals surface area contributed by atoms with Crippen molar-refractivity contribution in [1.29, 1.82) is 0 Å². The lowest BCUT2D eigenvalue weighted by Gasteiger charge is -2.07. The Kier molecular flexibility index (Phi) is 6.53. The average Bonchev–Trinajstić information content (AvgIpc) is 2.52. The number of ether oxygens (including phenoxy) is 1. The van der Waals surface area contributed by atoms with Crippen molar-refractivity contribution in [2.45, 2.75) is 12.8 Å². The summed E-state index contributed by atoms with van der Waals surface area (Å²) in [6.45, 7) is 1.34. The molecule has 3 nitrogen and oxygen atoms in total. The molecule has 2 rings (SSSR count). The van der Waals surface area contributed by atoms with Crippen LogP contribution in [0.15, 0.2) is 54.6 Å². The van der Waals surface area contributed by atoms with E-state index in [0.29, 0.717) is 18.7 Å². The Labute approximate surface area is 138 Å². The molecule has 0 saturated heterocycles. The van der Waals surface area contributed by atoms with Crippen molar-refractivity contribution in [3.05, 3.63) is 63.7 Å². The molecule has 4 heteroatoms. The van der Waals surface area contributed by atoms with Gasteiger partial charge in [0, 0.05) is 15.7 Å². The molecular weight excluding hydrogens is 377 g/mol. The third kappa shape index (κ3) is 5.75. The van der Waals surface area contributed by atoms with Crippen LogP contribution in [0, 0.1) is 3.57 Å². The Hall–Kier alpha value is -1.56. The van der Waals surface area contributed by atoms with Gasteiger partial charge in [-0.3, -0.25) is 4.79 Å². The van der Waals surface area contributed by atoms with Crippen LogP contribution in [0.2, 0.25) is 0 Å². The average molecular weight is 395 g/mol. The van der Waals surface area contributed by atoms with Gasteiger partial charge in [-0.25, -0.2) is 0 Å². The van der Waals surface area contributed by atoms with Crippen LogP contribution in [0.5, 0.6) is 5.75 Å². The van der Waals surface area contributed by atoms with E-state index < -0.39 is 0 Å². The number of amides is 1. The van der Waals surface area contributed by atoms with Crippen molar-refractivity contribution < 1.29 is 9.53 Å². The van der Waals surface area contributed by atoms with Gasteiger partial charge in [0.1, 0.15) is 5.75 Å². The minimum absolute atomic E-state index is 0.0182. The summed E-state index contributed by atoms with van der Waals surface area (Å²) in [5, 5.41) is 2.92. The molecule has 0 bridgehead atoms. The van der Waals surface area contributed by atoms with Crippen LogP contribution in [-0.2, 0) is 0 Å². The van der Waals surface area contributed by atoms with Crippen LogP contribution in [0.3, 0.4) is 0 Å². The highest BCUT2D eigenvalue weighted by Crippen LogP contribution is 2.09. The smallest absolute Gasteiger partial charge is 0.251 e. The summed E-state index contributed by atoms with van der Waals surface area (Å²) in [7, 11) is 0. The molecule has 2 aromatic carbocycles. The van der Waals surface area contributed by atoms with Crippen LogP contribution >= 0.6 is 22.6 Å². The number of hydrogen-bond donors (Lipinski definition) is 1. The van der Waals surface area contributed by atoms with Gasteiger partial charge in [0.05, 0.1) is 6.61 Å². The third-order valence-corrected chi connectivity index (χ3v) is 3.69. The molecule has 1 amide bonds. The molecule has 0 aliphatic carbocycles. The van der Waals surface area contributed by atoms with E-state index in [1.807, 2.05) is 54.6 Å². The molecule has 2 aromatic rings. The largest absolute Gasteiger partial charge is 0.494 e. The first-order valence-corrected chi connectivity index (χ1v) is 8.05. The molecule has 0 atom stereocenters. The Morgan fingerprint density at radius 2 is 1.71 bits per heavy atom. The monoisotopic (exact) mass is 395 g/mol. The molecule has 0 radical (unpaired) electrons. The summed E-state index contributed by atoms with van der Waals surface area (Å²) < 4.78 is 6.72. The van der Waals surface area contributed by atoms with Crippen molar-refractivity contribution in [1.82, 2.24) is 5.32 Å². The molecule has 21 heavy (non-hydrogen) atoms.